The van der Waals surface area contributed by atoms with Crippen LogP contribution in [-0.2, 0) is 120 Å². The number of fused-ring (bicyclic) bond motifs is 10. The molecule has 0 aromatic heterocycles. The minimum atomic E-state index is -1.68. The number of benzene rings is 4. The van der Waals surface area contributed by atoms with Gasteiger partial charge in [-0.2, -0.15) is 0 Å². The summed E-state index contributed by atoms with van der Waals surface area (Å²) in [7, 11) is 5.09. The quantitative estimate of drug-likeness (QED) is 0.00965. The first-order valence-corrected chi connectivity index (χ1v) is 50.7. The minimum absolute atomic E-state index is 0.0228. The number of ether oxygens (including phenoxy) is 9. The number of carboxylic acid groups (broad SMARTS) is 3. The Kier molecular flexibility index (Phi) is 36.1. The van der Waals surface area contributed by atoms with Crippen LogP contribution in [0.2, 0.25) is 6.82 Å². The number of esters is 4. The first-order chi connectivity index (χ1) is 69.8. The summed E-state index contributed by atoms with van der Waals surface area (Å²) in [6.07, 6.45) is 15.6. The standard InChI is InChI=1S/C23H30BN3O7.C22H27N3O6.C22H28N2O4.C21H22N2O6.C15H19Cl3N2O4/c1-24(32)25-16(22(29)30)13-14-3-5-15(6-4-14)33-23(31)20-18-8-7-17(34-18)19(20)21(28)27-11-9-26(2)10-12-27;1-24-8-10-25(11-9-24)20(26)18-16-6-7-17(31-16)19(18)22(29)30-14-4-2-13(3-5-14)12-15(23)21(27)28;1-2-10-23-11-13-24(14-12-23)21(25)19-17-8-9-18(28-17)20(19)22(26)27-15-16-6-4-3-5-7-16;1-21(12-6-3-2-4-7-12)19(27)23(20(28)22-21)11-5-8-13(24)16-14-9-10-15(29-14)17(16)18(25)26;1-19-4-6-20(7-5-19)13(21)11-9-2-3-10(24-9)12(11)14(22)23-8-15(16,17)18/h3-8,16-20,25,32H,9-13H2,1-2H3,(H,29,30);2-7,15-19H,8-12,23H2,1H3,(H,27,28);3-9,17-20H,2,10-15H2,1H3;2-4,6-7,9-10,14-17H,5,8,11H2,1H3,(H,22,28)(H,25,26);2-3,9-12H,4-8H2,1H3/t16?,17-,18+,19?,20?;15?,16-,17+,18?,19?;17-,18+,19?,20?;14-,15+,16?,17?,21?;9-,10+,11?,12?/m00000/s1. The van der Waals surface area contributed by atoms with Crippen LogP contribution in [0.15, 0.2) is 170 Å². The zero-order chi connectivity index (χ0) is 104. The summed E-state index contributed by atoms with van der Waals surface area (Å²) in [5.41, 5.74) is 7.47. The number of nitrogens with zero attached hydrogens (tertiary/aromatic N) is 9. The van der Waals surface area contributed by atoms with Crippen LogP contribution in [0.1, 0.15) is 55.4 Å². The summed E-state index contributed by atoms with van der Waals surface area (Å²) in [5.74, 6) is -11.8. The van der Waals surface area contributed by atoms with Crippen LogP contribution in [-0.4, -0.2) is 377 Å². The lowest BCUT2D eigenvalue weighted by molar-refractivity contribution is -0.156. The van der Waals surface area contributed by atoms with Gasteiger partial charge < -0.3 is 114 Å². The molecule has 10 saturated heterocycles. The zero-order valence-electron chi connectivity index (χ0n) is 82.0. The molecular formula is C103H126BCl3N12O27. The van der Waals surface area contributed by atoms with E-state index in [9.17, 15) is 82.4 Å². The van der Waals surface area contributed by atoms with E-state index in [0.717, 1.165) is 81.4 Å². The number of piperazine rings is 4. The maximum atomic E-state index is 13.3. The van der Waals surface area contributed by atoms with Crippen molar-refractivity contribution in [3.05, 3.63) is 192 Å². The van der Waals surface area contributed by atoms with Crippen molar-refractivity contribution < 1.29 is 130 Å². The van der Waals surface area contributed by atoms with E-state index < -0.39 is 178 Å². The van der Waals surface area contributed by atoms with Gasteiger partial charge in [0.2, 0.25) is 27.4 Å². The summed E-state index contributed by atoms with van der Waals surface area (Å²) < 4.78 is 48.9. The molecule has 0 aliphatic carbocycles. The van der Waals surface area contributed by atoms with Gasteiger partial charge in [-0.05, 0) is 114 Å². The van der Waals surface area contributed by atoms with E-state index in [1.54, 1.807) is 108 Å². The Morgan fingerprint density at radius 1 is 0.459 bits per heavy atom. The van der Waals surface area contributed by atoms with Crippen LogP contribution in [0.3, 0.4) is 0 Å². The number of hydrogen-bond donors (Lipinski definition) is 7. The number of amides is 7. The van der Waals surface area contributed by atoms with Crippen molar-refractivity contribution in [3.8, 4) is 11.5 Å². The average Bonchev–Trinajstić information content (AvgIpc) is 1.63. The Bertz CT molecular complexity index is 5540. The molecule has 146 heavy (non-hydrogen) atoms. The molecule has 10 bridgehead atoms. The fraction of sp³-hybridized carbons (Fsp3) is 0.534. The highest BCUT2D eigenvalue weighted by Crippen LogP contribution is 2.47. The first kappa shape index (κ1) is 109. The third-order valence-corrected chi connectivity index (χ3v) is 29.6. The molecule has 15 heterocycles. The van der Waals surface area contributed by atoms with Crippen LogP contribution in [0.25, 0.3) is 0 Å². The molecule has 4 aromatic carbocycles. The molecule has 23 atom stereocenters. The van der Waals surface area contributed by atoms with Crippen LogP contribution in [0.5, 0.6) is 11.5 Å². The molecule has 19 rings (SSSR count). The lowest BCUT2D eigenvalue weighted by Gasteiger charge is -2.37. The lowest BCUT2D eigenvalue weighted by Crippen LogP contribution is -2.53. The SMILES string of the molecule is CB(O)NC(Cc1ccc(OC(=O)C2C(C(=O)N3CCN(C)CC3)[C@@H]3C=C[C@H]2O3)cc1)C(=O)O.CC1(c2ccccc2)NC(=O)N(CCCC(=O)C2C(C(=O)O)[C@H]3C=C[C@@H]2O3)C1=O.CCCN1CCN(C(=O)C2C(C(=O)OCc3ccccc3)[C@H]3C=C[C@@H]2O3)CC1.CN1CCN(C(=O)C2C(C(=O)OCC(Cl)(Cl)Cl)[C@H]3C=C[C@@H]2O3)CC1.CN1CCN(C(=O)C2C(C(=O)Oc3ccc(CC(N)C(=O)O)cc3)[C@H]3C=C[C@@H]2O3)CC1. The van der Waals surface area contributed by atoms with Crippen LogP contribution < -0.4 is 25.8 Å². The molecular weight excluding hydrogens is 1950 g/mol. The molecule has 0 radical (unpaired) electrons. The van der Waals surface area contributed by atoms with Crippen LogP contribution >= 0.6 is 34.8 Å². The molecule has 43 heteroatoms. The third kappa shape index (κ3) is 25.8. The molecule has 10 fully saturated rings. The number of rotatable bonds is 30. The molecule has 4 aromatic rings. The fourth-order valence-electron chi connectivity index (χ4n) is 21.3. The molecule has 15 aliphatic heterocycles. The van der Waals surface area contributed by atoms with Crippen molar-refractivity contribution in [2.24, 2.45) is 64.9 Å². The van der Waals surface area contributed by atoms with Gasteiger partial charge in [0.05, 0.1) is 96.5 Å². The van der Waals surface area contributed by atoms with Crippen molar-refractivity contribution in [1.29, 1.82) is 0 Å². The number of imide groups is 1. The van der Waals surface area contributed by atoms with E-state index >= 15 is 0 Å². The maximum absolute atomic E-state index is 13.3. The second kappa shape index (κ2) is 48.4. The first-order valence-electron chi connectivity index (χ1n) is 49.6. The van der Waals surface area contributed by atoms with Gasteiger partial charge in [-0.3, -0.25) is 72.1 Å². The fourth-order valence-corrected chi connectivity index (χ4v) is 21.5. The number of ketones is 1. The number of carboxylic acids is 3. The van der Waals surface area contributed by atoms with E-state index in [-0.39, 0.29) is 98.9 Å². The van der Waals surface area contributed by atoms with E-state index in [0.29, 0.717) is 75.0 Å². The number of alkyl halides is 3. The predicted octanol–water partition coefficient (Wildman–Crippen LogP) is 4.08. The normalized spacial score (nSPS) is 29.9. The number of aliphatic carboxylic acids is 3. The number of urea groups is 1. The number of likely N-dealkylation sites (N-methyl/N-ethyl adjacent to an activating group) is 3. The Hall–Kier alpha value is -11.2. The van der Waals surface area contributed by atoms with Crippen LogP contribution in [0.4, 0.5) is 4.79 Å². The van der Waals surface area contributed by atoms with E-state index in [1.165, 1.54) is 6.82 Å². The molecule has 0 spiro atoms. The van der Waals surface area contributed by atoms with Crippen molar-refractivity contribution in [2.75, 3.05) is 146 Å². The summed E-state index contributed by atoms with van der Waals surface area (Å²) in [4.78, 5) is 193. The number of hydrogen-bond acceptors (Lipinski definition) is 30. The van der Waals surface area contributed by atoms with Gasteiger partial charge in [-0.1, -0.05) is 187 Å². The second-order valence-electron chi connectivity index (χ2n) is 39.4. The molecule has 13 unspecified atom stereocenters. The summed E-state index contributed by atoms with van der Waals surface area (Å²) in [5, 5.41) is 42.4. The Morgan fingerprint density at radius 2 is 0.815 bits per heavy atom. The molecule has 7 amide bonds. The smallest absolute Gasteiger partial charge is 0.374 e. The highest BCUT2D eigenvalue weighted by atomic mass is 35.6. The van der Waals surface area contributed by atoms with Crippen molar-refractivity contribution in [2.45, 2.75) is 142 Å². The van der Waals surface area contributed by atoms with Gasteiger partial charge in [0.15, 0.2) is 0 Å². The van der Waals surface area contributed by atoms with Gasteiger partial charge in [0.1, 0.15) is 71.8 Å². The Balaban J connectivity index is 0.000000138. The average molecular weight is 2080 g/mol. The van der Waals surface area contributed by atoms with Crippen LogP contribution in [0, 0.1) is 59.2 Å². The van der Waals surface area contributed by atoms with Crippen molar-refractivity contribution >= 4 is 125 Å². The van der Waals surface area contributed by atoms with E-state index in [1.807, 2.05) is 110 Å². The molecule has 784 valence electrons. The summed E-state index contributed by atoms with van der Waals surface area (Å²) >= 11 is 16.9. The van der Waals surface area contributed by atoms with Gasteiger partial charge in [-0.15, -0.1) is 0 Å². The summed E-state index contributed by atoms with van der Waals surface area (Å²) in [6, 6.07) is 29.2. The highest BCUT2D eigenvalue weighted by molar-refractivity contribution is 6.67. The molecule has 39 nitrogen and oxygen atoms in total. The Labute approximate surface area is 860 Å². The van der Waals surface area contributed by atoms with E-state index in [4.69, 9.17) is 88.3 Å². The third-order valence-electron chi connectivity index (χ3n) is 29.3. The lowest BCUT2D eigenvalue weighted by atomic mass is 9.79. The number of halogens is 3. The Morgan fingerprint density at radius 3 is 1.18 bits per heavy atom. The molecule has 8 N–H and O–H groups in total. The maximum Gasteiger partial charge on any atom is 0.374 e. The van der Waals surface area contributed by atoms with Gasteiger partial charge in [0, 0.05) is 118 Å². The van der Waals surface area contributed by atoms with E-state index in [2.05, 4.69) is 37.1 Å². The predicted molar refractivity (Wildman–Crippen MR) is 528 cm³/mol. The number of nitrogens with two attached hydrogens (primary N) is 1. The minimum Gasteiger partial charge on any atom is -0.481 e. The van der Waals surface area contributed by atoms with Gasteiger partial charge >= 0.3 is 54.9 Å². The van der Waals surface area contributed by atoms with Gasteiger partial charge in [0.25, 0.3) is 5.91 Å². The number of nitrogens with one attached hydrogen (secondary N) is 2. The highest BCUT2D eigenvalue weighted by Gasteiger charge is 2.61. The summed E-state index contributed by atoms with van der Waals surface area (Å²) in [6.45, 7) is 18.1. The topological polar surface area (TPSA) is 482 Å². The second-order valence-corrected chi connectivity index (χ2v) is 41.9. The zero-order valence-corrected chi connectivity index (χ0v) is 84.3. The molecule has 0 saturated carbocycles. The van der Waals surface area contributed by atoms with Crippen molar-refractivity contribution in [1.82, 2.24) is 54.6 Å². The number of carbonyl (C=O) groups excluding carboxylic acids is 11. The van der Waals surface area contributed by atoms with Gasteiger partial charge in [-0.25, -0.2) is 4.79 Å². The monoisotopic (exact) mass is 2080 g/mol. The number of carbonyl (C=O) groups is 14. The number of Topliss-reactive ketones (excluding diaryl/α,β-unsaturated/α-hetero) is 1. The molecule has 15 aliphatic rings. The largest absolute Gasteiger partial charge is 0.481 e. The van der Waals surface area contributed by atoms with Crippen molar-refractivity contribution in [3.63, 3.8) is 0 Å².